The number of nitrogens with zero attached hydrogens (tertiary/aromatic N) is 1. The smallest absolute Gasteiger partial charge is 0.405 e. The maximum atomic E-state index is 13.6. The van der Waals surface area contributed by atoms with Gasteiger partial charge in [0.15, 0.2) is 6.61 Å². The molecule has 3 aromatic rings. The average Bonchev–Trinajstić information content (AvgIpc) is 3.29. The van der Waals surface area contributed by atoms with Gasteiger partial charge >= 0.3 is 6.18 Å². The summed E-state index contributed by atoms with van der Waals surface area (Å²) in [5.41, 5.74) is 2.15. The summed E-state index contributed by atoms with van der Waals surface area (Å²) in [6.45, 7) is 1.12. The second kappa shape index (κ2) is 13.0. The van der Waals surface area contributed by atoms with Crippen LogP contribution in [0.5, 0.6) is 5.75 Å². The van der Waals surface area contributed by atoms with Crippen LogP contribution in [0, 0.1) is 0 Å². The van der Waals surface area contributed by atoms with Gasteiger partial charge in [-0.3, -0.25) is 9.59 Å². The fourth-order valence-electron chi connectivity index (χ4n) is 6.25. The highest BCUT2D eigenvalue weighted by molar-refractivity contribution is 6.00. The van der Waals surface area contributed by atoms with Crippen LogP contribution in [0.2, 0.25) is 0 Å². The fraction of sp³-hybridized carbons (Fsp3) is 0.394. The Bertz CT molecular complexity index is 1330. The second-order valence-corrected chi connectivity index (χ2v) is 11.0. The number of halogens is 3. The Morgan fingerprint density at radius 3 is 2.07 bits per heavy atom. The molecule has 0 aromatic heterocycles. The molecule has 0 bridgehead atoms. The van der Waals surface area contributed by atoms with E-state index < -0.39 is 24.0 Å². The van der Waals surface area contributed by atoms with Crippen LogP contribution in [0.1, 0.15) is 43.2 Å². The molecule has 3 aromatic carbocycles. The van der Waals surface area contributed by atoms with Gasteiger partial charge in [-0.05, 0) is 66.6 Å². The number of alkyl halides is 3. The number of carbonyl (C=O) groups is 2. The molecule has 2 aliphatic rings. The number of amides is 2. The lowest BCUT2D eigenvalue weighted by Gasteiger charge is -2.33. The van der Waals surface area contributed by atoms with Crippen molar-refractivity contribution in [1.82, 2.24) is 15.5 Å². The van der Waals surface area contributed by atoms with Gasteiger partial charge in [-0.15, -0.1) is 0 Å². The second-order valence-electron chi connectivity index (χ2n) is 11.0. The van der Waals surface area contributed by atoms with Crippen LogP contribution in [0.4, 0.5) is 13.2 Å². The maximum Gasteiger partial charge on any atom is 0.405 e. The average molecular weight is 580 g/mol. The number of piperidine rings is 1. The number of carbonyl (C=O) groups excluding carboxylic acids is 2. The molecule has 1 fully saturated rings. The summed E-state index contributed by atoms with van der Waals surface area (Å²) in [5.74, 6) is -0.0831. The summed E-state index contributed by atoms with van der Waals surface area (Å²) in [5, 5.41) is 5.26. The molecule has 1 aliphatic heterocycles. The molecule has 1 saturated heterocycles. The normalized spacial score (nSPS) is 16.4. The minimum atomic E-state index is -4.49. The molecule has 5 rings (SSSR count). The van der Waals surface area contributed by atoms with Gasteiger partial charge in [0.25, 0.3) is 5.91 Å². The summed E-state index contributed by atoms with van der Waals surface area (Å²) in [6.07, 6.45) is -0.924. The maximum absolute atomic E-state index is 13.6. The number of nitrogens with one attached hydrogen (secondary N) is 2. The number of fused-ring (bicyclic) bond motifs is 3. The molecule has 1 aliphatic carbocycles. The molecule has 0 spiro atoms. The van der Waals surface area contributed by atoms with Gasteiger partial charge in [0, 0.05) is 19.1 Å². The molecule has 222 valence electrons. The van der Waals surface area contributed by atoms with E-state index in [2.05, 4.69) is 15.5 Å². The van der Waals surface area contributed by atoms with Crippen molar-refractivity contribution >= 4 is 11.8 Å². The molecule has 9 heteroatoms. The number of ether oxygens (including phenoxy) is 1. The monoisotopic (exact) mass is 579 g/mol. The Hall–Kier alpha value is -3.85. The van der Waals surface area contributed by atoms with Crippen molar-refractivity contribution in [3.05, 3.63) is 90.0 Å². The third-order valence-corrected chi connectivity index (χ3v) is 8.24. The number of hydrogen-bond donors (Lipinski definition) is 2. The molecule has 1 heterocycles. The molecule has 0 radical (unpaired) electrons. The molecule has 42 heavy (non-hydrogen) atoms. The third-order valence-electron chi connectivity index (χ3n) is 8.24. The van der Waals surface area contributed by atoms with Crippen LogP contribution in [-0.2, 0) is 15.0 Å². The number of para-hydroxylation sites is 1. The molecular weight excluding hydrogens is 543 g/mol. The van der Waals surface area contributed by atoms with Crippen LogP contribution in [0.3, 0.4) is 0 Å². The van der Waals surface area contributed by atoms with Gasteiger partial charge < -0.3 is 20.3 Å². The highest BCUT2D eigenvalue weighted by Gasteiger charge is 2.49. The van der Waals surface area contributed by atoms with Gasteiger partial charge in [-0.25, -0.2) is 0 Å². The highest BCUT2D eigenvalue weighted by Crippen LogP contribution is 2.51. The first-order chi connectivity index (χ1) is 20.3. The number of likely N-dealkylation sites (tertiary alicyclic amines) is 1. The Labute approximate surface area is 244 Å². The van der Waals surface area contributed by atoms with Crippen molar-refractivity contribution in [1.29, 1.82) is 0 Å². The van der Waals surface area contributed by atoms with Crippen LogP contribution in [0.15, 0.2) is 78.9 Å². The first-order valence-corrected chi connectivity index (χ1v) is 14.5. The van der Waals surface area contributed by atoms with Gasteiger partial charge in [-0.1, -0.05) is 73.2 Å². The summed E-state index contributed by atoms with van der Waals surface area (Å²) in [4.78, 5) is 28.3. The predicted molar refractivity (Wildman–Crippen MR) is 155 cm³/mol. The van der Waals surface area contributed by atoms with E-state index in [4.69, 9.17) is 4.74 Å². The lowest BCUT2D eigenvalue weighted by molar-refractivity contribution is -0.141. The van der Waals surface area contributed by atoms with Crippen molar-refractivity contribution in [2.24, 2.45) is 0 Å². The highest BCUT2D eigenvalue weighted by atomic mass is 19.4. The minimum absolute atomic E-state index is 0.0191. The van der Waals surface area contributed by atoms with E-state index in [0.717, 1.165) is 61.2 Å². The molecule has 2 N–H and O–H groups in total. The van der Waals surface area contributed by atoms with Crippen LogP contribution in [0.25, 0.3) is 11.1 Å². The Morgan fingerprint density at radius 1 is 0.857 bits per heavy atom. The van der Waals surface area contributed by atoms with E-state index in [9.17, 15) is 22.8 Å². The lowest BCUT2D eigenvalue weighted by Crippen LogP contribution is -2.47. The van der Waals surface area contributed by atoms with E-state index in [0.29, 0.717) is 18.6 Å². The Kier molecular flexibility index (Phi) is 9.16. The molecule has 0 saturated carbocycles. The summed E-state index contributed by atoms with van der Waals surface area (Å²) < 4.78 is 44.8. The van der Waals surface area contributed by atoms with Gasteiger partial charge in [0.05, 0.1) is 0 Å². The third kappa shape index (κ3) is 6.78. The summed E-state index contributed by atoms with van der Waals surface area (Å²) >= 11 is 0. The van der Waals surface area contributed by atoms with E-state index in [-0.39, 0.29) is 18.6 Å². The minimum Gasteiger partial charge on any atom is -0.484 e. The van der Waals surface area contributed by atoms with Crippen molar-refractivity contribution in [2.75, 3.05) is 32.8 Å². The first-order valence-electron chi connectivity index (χ1n) is 14.5. The summed E-state index contributed by atoms with van der Waals surface area (Å²) in [7, 11) is 0. The Balaban J connectivity index is 1.15. The molecule has 6 nitrogen and oxygen atoms in total. The molecule has 0 atom stereocenters. The van der Waals surface area contributed by atoms with Crippen molar-refractivity contribution in [2.45, 2.75) is 49.7 Å². The zero-order valence-corrected chi connectivity index (χ0v) is 23.5. The van der Waals surface area contributed by atoms with Gasteiger partial charge in [-0.2, -0.15) is 13.2 Å². The van der Waals surface area contributed by atoms with E-state index in [1.54, 1.807) is 0 Å². The van der Waals surface area contributed by atoms with Crippen molar-refractivity contribution in [3.8, 4) is 16.9 Å². The van der Waals surface area contributed by atoms with Crippen LogP contribution >= 0.6 is 0 Å². The zero-order valence-electron chi connectivity index (χ0n) is 23.5. The topological polar surface area (TPSA) is 70.7 Å². The quantitative estimate of drug-likeness (QED) is 0.296. The largest absolute Gasteiger partial charge is 0.484 e. The van der Waals surface area contributed by atoms with Crippen molar-refractivity contribution in [3.63, 3.8) is 0 Å². The van der Waals surface area contributed by atoms with E-state index >= 15 is 0 Å². The fourth-order valence-corrected chi connectivity index (χ4v) is 6.25. The number of rotatable bonds is 11. The lowest BCUT2D eigenvalue weighted by atomic mass is 9.73. The summed E-state index contributed by atoms with van der Waals surface area (Å²) in [6, 6.07) is 24.4. The predicted octanol–water partition coefficient (Wildman–Crippen LogP) is 5.46. The zero-order chi connectivity index (χ0) is 29.6. The first kappa shape index (κ1) is 29.6. The molecule has 2 amide bonds. The van der Waals surface area contributed by atoms with Gasteiger partial charge in [0.2, 0.25) is 5.91 Å². The molecule has 0 unspecified atom stereocenters. The number of hydrogen-bond acceptors (Lipinski definition) is 4. The SMILES string of the molecule is O=C(COc1ccccc1)NC1CCN(CCCCC2(C(=O)NCC(F)(F)F)c3ccccc3-c3ccccc32)CC1. The number of unbranched alkanes of at least 4 members (excludes halogenated alkanes) is 1. The van der Waals surface area contributed by atoms with Crippen LogP contribution < -0.4 is 15.4 Å². The Morgan fingerprint density at radius 2 is 1.45 bits per heavy atom. The number of benzene rings is 3. The van der Waals surface area contributed by atoms with Crippen LogP contribution in [-0.4, -0.2) is 61.7 Å². The van der Waals surface area contributed by atoms with E-state index in [1.807, 2.05) is 78.9 Å². The molecular formula is C33H36F3N3O3. The standard InChI is InChI=1S/C33H36F3N3O3/c34-33(35,36)23-37-31(41)32(28-14-6-4-12-26(28)27-13-5-7-15-29(27)32)18-8-9-19-39-20-16-24(17-21-39)38-30(40)22-42-25-10-2-1-3-11-25/h1-7,10-15,24H,8-9,16-23H2,(H,37,41)(H,38,40). The van der Waals surface area contributed by atoms with E-state index in [1.165, 1.54) is 0 Å². The van der Waals surface area contributed by atoms with Gasteiger partial charge in [0.1, 0.15) is 17.7 Å². The van der Waals surface area contributed by atoms with Crippen molar-refractivity contribution < 1.29 is 27.5 Å².